The summed E-state index contributed by atoms with van der Waals surface area (Å²) in [4.78, 5) is 14.5. The highest BCUT2D eigenvalue weighted by molar-refractivity contribution is 9.09. The van der Waals surface area contributed by atoms with Gasteiger partial charge in [0.2, 0.25) is 5.91 Å². The lowest BCUT2D eigenvalue weighted by Gasteiger charge is -2.34. The quantitative estimate of drug-likeness (QED) is 0.743. The molecule has 0 aromatic carbocycles. The molecule has 0 bridgehead atoms. The van der Waals surface area contributed by atoms with E-state index in [0.29, 0.717) is 17.2 Å². The highest BCUT2D eigenvalue weighted by atomic mass is 79.9. The molecule has 1 aliphatic heterocycles. The minimum absolute atomic E-state index is 0.181. The van der Waals surface area contributed by atoms with E-state index in [4.69, 9.17) is 4.74 Å². The van der Waals surface area contributed by atoms with E-state index in [-0.39, 0.29) is 12.0 Å². The third kappa shape index (κ3) is 3.20. The number of carbonyl (C=O) groups is 1. The van der Waals surface area contributed by atoms with Crippen LogP contribution in [0.25, 0.3) is 0 Å². The highest BCUT2D eigenvalue weighted by Crippen LogP contribution is 2.33. The van der Waals surface area contributed by atoms with Crippen LogP contribution in [0.15, 0.2) is 0 Å². The van der Waals surface area contributed by atoms with Crippen LogP contribution in [0.4, 0.5) is 0 Å². The summed E-state index contributed by atoms with van der Waals surface area (Å²) < 4.78 is 5.48. The van der Waals surface area contributed by atoms with Crippen molar-refractivity contribution in [3.63, 3.8) is 0 Å². The van der Waals surface area contributed by atoms with Crippen molar-refractivity contribution in [2.45, 2.75) is 43.0 Å². The van der Waals surface area contributed by atoms with Crippen molar-refractivity contribution in [1.29, 1.82) is 0 Å². The number of hydrogen-bond acceptors (Lipinski definition) is 2. The summed E-state index contributed by atoms with van der Waals surface area (Å²) in [6.45, 7) is 1.74. The van der Waals surface area contributed by atoms with Crippen molar-refractivity contribution in [1.82, 2.24) is 4.90 Å². The molecule has 2 rings (SSSR count). The second-order valence-corrected chi connectivity index (χ2v) is 6.34. The molecule has 2 fully saturated rings. The first kappa shape index (κ1) is 12.4. The van der Waals surface area contributed by atoms with Gasteiger partial charge in [0.1, 0.15) is 0 Å². The lowest BCUT2D eigenvalue weighted by molar-refractivity contribution is -0.133. The fourth-order valence-electron chi connectivity index (χ4n) is 2.45. The van der Waals surface area contributed by atoms with Crippen LogP contribution in [0.3, 0.4) is 0 Å². The van der Waals surface area contributed by atoms with Crippen molar-refractivity contribution in [2.75, 3.05) is 20.2 Å². The molecule has 1 saturated heterocycles. The molecule has 0 spiro atoms. The summed E-state index contributed by atoms with van der Waals surface area (Å²) in [5.74, 6) is 0.938. The first-order valence-corrected chi connectivity index (χ1v) is 7.06. The Morgan fingerprint density at radius 3 is 2.81 bits per heavy atom. The highest BCUT2D eigenvalue weighted by Gasteiger charge is 2.29. The van der Waals surface area contributed by atoms with Gasteiger partial charge < -0.3 is 9.64 Å². The molecule has 1 atom stereocenters. The van der Waals surface area contributed by atoms with Gasteiger partial charge in [0, 0.05) is 25.0 Å². The smallest absolute Gasteiger partial charge is 0.224 e. The van der Waals surface area contributed by atoms with Crippen molar-refractivity contribution in [3.8, 4) is 0 Å². The molecular weight excluding hydrogens is 270 g/mol. The molecule has 1 aliphatic carbocycles. The van der Waals surface area contributed by atoms with Gasteiger partial charge in [-0.3, -0.25) is 4.79 Å². The Hall–Kier alpha value is -0.0900. The average Bonchev–Trinajstić information content (AvgIpc) is 2.68. The first-order chi connectivity index (χ1) is 7.65. The Morgan fingerprint density at radius 2 is 2.25 bits per heavy atom. The topological polar surface area (TPSA) is 29.5 Å². The number of rotatable bonds is 4. The Kier molecular flexibility index (Phi) is 4.25. The van der Waals surface area contributed by atoms with E-state index in [2.05, 4.69) is 15.9 Å². The van der Waals surface area contributed by atoms with Crippen LogP contribution < -0.4 is 0 Å². The molecule has 1 heterocycles. The van der Waals surface area contributed by atoms with E-state index >= 15 is 0 Å². The summed E-state index contributed by atoms with van der Waals surface area (Å²) in [5.41, 5.74) is 0. The summed E-state index contributed by atoms with van der Waals surface area (Å²) >= 11 is 3.58. The molecule has 0 radical (unpaired) electrons. The largest absolute Gasteiger partial charge is 0.378 e. The van der Waals surface area contributed by atoms with Gasteiger partial charge in [-0.1, -0.05) is 15.9 Å². The van der Waals surface area contributed by atoms with E-state index in [1.54, 1.807) is 0 Å². The molecule has 1 amide bonds. The van der Waals surface area contributed by atoms with E-state index in [9.17, 15) is 4.79 Å². The van der Waals surface area contributed by atoms with Crippen LogP contribution >= 0.6 is 15.9 Å². The molecule has 16 heavy (non-hydrogen) atoms. The standard InChI is InChI=1S/C12H20BrNO2/c1-14(8-9-5-10(13)6-9)12(15)7-11-3-2-4-16-11/h9-11H,2-8H2,1H3. The molecule has 2 aliphatic rings. The van der Waals surface area contributed by atoms with Crippen molar-refractivity contribution in [2.24, 2.45) is 5.92 Å². The Labute approximate surface area is 106 Å². The van der Waals surface area contributed by atoms with E-state index < -0.39 is 0 Å². The number of nitrogens with zero attached hydrogens (tertiary/aromatic N) is 1. The third-order valence-corrected chi connectivity index (χ3v) is 4.31. The first-order valence-electron chi connectivity index (χ1n) is 6.15. The molecule has 1 unspecified atom stereocenters. The summed E-state index contributed by atoms with van der Waals surface area (Å²) in [6, 6.07) is 0. The molecule has 0 aromatic rings. The Balaban J connectivity index is 1.67. The van der Waals surface area contributed by atoms with Gasteiger partial charge in [-0.15, -0.1) is 0 Å². The number of alkyl halides is 1. The number of carbonyl (C=O) groups excluding carboxylic acids is 1. The molecule has 1 saturated carbocycles. The maximum Gasteiger partial charge on any atom is 0.224 e. The maximum absolute atomic E-state index is 11.9. The van der Waals surface area contributed by atoms with Gasteiger partial charge in [-0.2, -0.15) is 0 Å². The van der Waals surface area contributed by atoms with Gasteiger partial charge in [0.25, 0.3) is 0 Å². The van der Waals surface area contributed by atoms with Gasteiger partial charge in [0.15, 0.2) is 0 Å². The zero-order valence-electron chi connectivity index (χ0n) is 9.82. The number of ether oxygens (including phenoxy) is 1. The molecule has 0 N–H and O–H groups in total. The number of amides is 1. The molecular formula is C12H20BrNO2. The minimum atomic E-state index is 0.181. The predicted octanol–water partition coefficient (Wildman–Crippen LogP) is 2.19. The molecule has 3 nitrogen and oxygen atoms in total. The van der Waals surface area contributed by atoms with E-state index in [0.717, 1.165) is 26.0 Å². The van der Waals surface area contributed by atoms with E-state index in [1.807, 2.05) is 11.9 Å². The zero-order valence-corrected chi connectivity index (χ0v) is 11.4. The molecule has 4 heteroatoms. The Morgan fingerprint density at radius 1 is 1.50 bits per heavy atom. The molecule has 0 aromatic heterocycles. The van der Waals surface area contributed by atoms with E-state index in [1.165, 1.54) is 12.8 Å². The number of hydrogen-bond donors (Lipinski definition) is 0. The minimum Gasteiger partial charge on any atom is -0.378 e. The monoisotopic (exact) mass is 289 g/mol. The fourth-order valence-corrected chi connectivity index (χ4v) is 3.51. The van der Waals surface area contributed by atoms with Gasteiger partial charge in [-0.05, 0) is 31.6 Å². The lowest BCUT2D eigenvalue weighted by Crippen LogP contribution is -2.38. The maximum atomic E-state index is 11.9. The Bertz CT molecular complexity index is 247. The van der Waals surface area contributed by atoms with Crippen LogP contribution in [0, 0.1) is 5.92 Å². The second-order valence-electron chi connectivity index (χ2n) is 5.05. The fraction of sp³-hybridized carbons (Fsp3) is 0.917. The number of halogens is 1. The summed E-state index contributed by atoms with van der Waals surface area (Å²) in [5, 5.41) is 0. The van der Waals surface area contributed by atoms with Crippen molar-refractivity contribution < 1.29 is 9.53 Å². The predicted molar refractivity (Wildman–Crippen MR) is 66.7 cm³/mol. The zero-order chi connectivity index (χ0) is 11.5. The van der Waals surface area contributed by atoms with Crippen molar-refractivity contribution >= 4 is 21.8 Å². The second kappa shape index (κ2) is 5.50. The van der Waals surface area contributed by atoms with Gasteiger partial charge in [-0.25, -0.2) is 0 Å². The average molecular weight is 290 g/mol. The van der Waals surface area contributed by atoms with Gasteiger partial charge >= 0.3 is 0 Å². The van der Waals surface area contributed by atoms with Gasteiger partial charge in [0.05, 0.1) is 12.5 Å². The van der Waals surface area contributed by atoms with Crippen LogP contribution in [-0.4, -0.2) is 41.9 Å². The summed E-state index contributed by atoms with van der Waals surface area (Å²) in [6.07, 6.45) is 5.32. The third-order valence-electron chi connectivity index (χ3n) is 3.56. The van der Waals surface area contributed by atoms with Crippen LogP contribution in [0.2, 0.25) is 0 Å². The van der Waals surface area contributed by atoms with Crippen LogP contribution in [0.5, 0.6) is 0 Å². The SMILES string of the molecule is CN(CC1CC(Br)C1)C(=O)CC1CCCO1. The lowest BCUT2D eigenvalue weighted by atomic mass is 9.85. The van der Waals surface area contributed by atoms with Crippen molar-refractivity contribution in [3.05, 3.63) is 0 Å². The van der Waals surface area contributed by atoms with Crippen LogP contribution in [0.1, 0.15) is 32.1 Å². The summed E-state index contributed by atoms with van der Waals surface area (Å²) in [7, 11) is 1.92. The molecule has 92 valence electrons. The van der Waals surface area contributed by atoms with Crippen LogP contribution in [-0.2, 0) is 9.53 Å². The normalized spacial score (nSPS) is 33.5.